The van der Waals surface area contributed by atoms with Crippen LogP contribution in [0.3, 0.4) is 0 Å². The van der Waals surface area contributed by atoms with Gasteiger partial charge in [-0.2, -0.15) is 0 Å². The van der Waals surface area contributed by atoms with Crippen molar-refractivity contribution < 1.29 is 14.3 Å². The Balaban J connectivity index is 1.47. The molecule has 2 aliphatic heterocycles. The van der Waals surface area contributed by atoms with Crippen molar-refractivity contribution in [1.29, 1.82) is 0 Å². The van der Waals surface area contributed by atoms with Crippen LogP contribution in [0.5, 0.6) is 0 Å². The summed E-state index contributed by atoms with van der Waals surface area (Å²) in [6.07, 6.45) is 1.69. The smallest absolute Gasteiger partial charge is 0.255 e. The van der Waals surface area contributed by atoms with Gasteiger partial charge in [-0.25, -0.2) is 0 Å². The summed E-state index contributed by atoms with van der Waals surface area (Å²) in [5.41, 5.74) is 2.35. The van der Waals surface area contributed by atoms with Crippen molar-refractivity contribution in [2.45, 2.75) is 12.8 Å². The molecule has 1 unspecified atom stereocenters. The minimum atomic E-state index is -0.125. The Morgan fingerprint density at radius 1 is 0.897 bits per heavy atom. The molecular weight excluding hydrogens is 366 g/mol. The van der Waals surface area contributed by atoms with Crippen LogP contribution in [-0.4, -0.2) is 61.0 Å². The third kappa shape index (κ3) is 4.59. The summed E-state index contributed by atoms with van der Waals surface area (Å²) in [5, 5.41) is 3.34. The SMILES string of the molecule is O=C(c1ccccc1Nc1ccccc1)N1CCCC(C(=O)N2CCOCC2)C1. The number of nitrogens with one attached hydrogen (secondary N) is 1. The first kappa shape index (κ1) is 19.5. The van der Waals surface area contributed by atoms with Crippen molar-refractivity contribution in [3.05, 3.63) is 60.2 Å². The van der Waals surface area contributed by atoms with E-state index in [1.165, 1.54) is 0 Å². The average molecular weight is 393 g/mol. The molecule has 152 valence electrons. The largest absolute Gasteiger partial charge is 0.378 e. The van der Waals surface area contributed by atoms with Crippen molar-refractivity contribution in [3.8, 4) is 0 Å². The van der Waals surface area contributed by atoms with Gasteiger partial charge in [0.1, 0.15) is 0 Å². The van der Waals surface area contributed by atoms with Crippen LogP contribution < -0.4 is 5.32 Å². The fraction of sp³-hybridized carbons (Fsp3) is 0.391. The molecule has 6 heteroatoms. The molecule has 2 saturated heterocycles. The number of hydrogen-bond donors (Lipinski definition) is 1. The van der Waals surface area contributed by atoms with Gasteiger partial charge in [-0.15, -0.1) is 0 Å². The maximum Gasteiger partial charge on any atom is 0.255 e. The number of carbonyl (C=O) groups is 2. The van der Waals surface area contributed by atoms with Crippen LogP contribution in [0.4, 0.5) is 11.4 Å². The summed E-state index contributed by atoms with van der Waals surface area (Å²) in [5.74, 6) is 0.00468. The summed E-state index contributed by atoms with van der Waals surface area (Å²) in [6, 6.07) is 17.4. The molecule has 29 heavy (non-hydrogen) atoms. The van der Waals surface area contributed by atoms with E-state index in [1.807, 2.05) is 64.4 Å². The van der Waals surface area contributed by atoms with Crippen LogP contribution in [-0.2, 0) is 9.53 Å². The Kier molecular flexibility index (Phi) is 6.10. The van der Waals surface area contributed by atoms with Crippen molar-refractivity contribution >= 4 is 23.2 Å². The van der Waals surface area contributed by atoms with Gasteiger partial charge in [-0.1, -0.05) is 30.3 Å². The monoisotopic (exact) mass is 393 g/mol. The Bertz CT molecular complexity index is 849. The van der Waals surface area contributed by atoms with Gasteiger partial charge < -0.3 is 19.9 Å². The first-order valence-electron chi connectivity index (χ1n) is 10.3. The van der Waals surface area contributed by atoms with E-state index in [0.717, 1.165) is 24.2 Å². The van der Waals surface area contributed by atoms with Crippen LogP contribution in [0.25, 0.3) is 0 Å². The van der Waals surface area contributed by atoms with E-state index in [1.54, 1.807) is 0 Å². The molecule has 1 N–H and O–H groups in total. The average Bonchev–Trinajstić information content (AvgIpc) is 2.80. The lowest BCUT2D eigenvalue weighted by molar-refractivity contribution is -0.141. The molecule has 0 bridgehead atoms. The van der Waals surface area contributed by atoms with Gasteiger partial charge in [0.2, 0.25) is 5.91 Å². The molecule has 0 aliphatic carbocycles. The Labute approximate surface area is 171 Å². The molecule has 0 spiro atoms. The molecule has 6 nitrogen and oxygen atoms in total. The van der Waals surface area contributed by atoms with Crippen molar-refractivity contribution in [1.82, 2.24) is 9.80 Å². The van der Waals surface area contributed by atoms with Crippen LogP contribution in [0.1, 0.15) is 23.2 Å². The first-order chi connectivity index (χ1) is 14.2. The van der Waals surface area contributed by atoms with E-state index < -0.39 is 0 Å². The first-order valence-corrected chi connectivity index (χ1v) is 10.3. The van der Waals surface area contributed by atoms with Crippen LogP contribution >= 0.6 is 0 Å². The molecule has 4 rings (SSSR count). The summed E-state index contributed by atoms with van der Waals surface area (Å²) < 4.78 is 5.35. The number of hydrogen-bond acceptors (Lipinski definition) is 4. The van der Waals surface area contributed by atoms with E-state index in [0.29, 0.717) is 45.0 Å². The minimum Gasteiger partial charge on any atom is -0.378 e. The quantitative estimate of drug-likeness (QED) is 0.867. The number of nitrogens with zero attached hydrogens (tertiary/aromatic N) is 2. The van der Waals surface area contributed by atoms with Gasteiger partial charge in [0.25, 0.3) is 5.91 Å². The Hall–Kier alpha value is -2.86. The fourth-order valence-electron chi connectivity index (χ4n) is 4.03. The van der Waals surface area contributed by atoms with Gasteiger partial charge >= 0.3 is 0 Å². The number of benzene rings is 2. The summed E-state index contributed by atoms with van der Waals surface area (Å²) >= 11 is 0. The molecule has 0 aromatic heterocycles. The normalized spacial score (nSPS) is 19.7. The zero-order chi connectivity index (χ0) is 20.1. The molecule has 2 aromatic carbocycles. The highest BCUT2D eigenvalue weighted by Gasteiger charge is 2.32. The van der Waals surface area contributed by atoms with E-state index in [-0.39, 0.29) is 17.7 Å². The van der Waals surface area contributed by atoms with Crippen LogP contribution in [0.2, 0.25) is 0 Å². The predicted octanol–water partition coefficient (Wildman–Crippen LogP) is 3.14. The summed E-state index contributed by atoms with van der Waals surface area (Å²) in [4.78, 5) is 29.9. The lowest BCUT2D eigenvalue weighted by Crippen LogP contribution is -2.49. The number of likely N-dealkylation sites (tertiary alicyclic amines) is 1. The maximum atomic E-state index is 13.3. The number of carbonyl (C=O) groups excluding carboxylic acids is 2. The molecule has 0 radical (unpaired) electrons. The molecule has 2 aromatic rings. The second-order valence-corrected chi connectivity index (χ2v) is 7.56. The van der Waals surface area contributed by atoms with Gasteiger partial charge in [0, 0.05) is 31.9 Å². The van der Waals surface area contributed by atoms with E-state index >= 15 is 0 Å². The molecule has 2 aliphatic rings. The van der Waals surface area contributed by atoms with Gasteiger partial charge in [0.05, 0.1) is 30.4 Å². The minimum absolute atomic E-state index is 0.0245. The number of piperidine rings is 1. The van der Waals surface area contributed by atoms with Crippen molar-refractivity contribution in [2.24, 2.45) is 5.92 Å². The predicted molar refractivity (Wildman–Crippen MR) is 112 cm³/mol. The van der Waals surface area contributed by atoms with Gasteiger partial charge in [-0.05, 0) is 37.1 Å². The van der Waals surface area contributed by atoms with Crippen LogP contribution in [0.15, 0.2) is 54.6 Å². The second-order valence-electron chi connectivity index (χ2n) is 7.56. The van der Waals surface area contributed by atoms with E-state index in [4.69, 9.17) is 4.74 Å². The molecule has 1 atom stereocenters. The van der Waals surface area contributed by atoms with Crippen LogP contribution in [0, 0.1) is 5.92 Å². The highest BCUT2D eigenvalue weighted by atomic mass is 16.5. The number of rotatable bonds is 4. The van der Waals surface area contributed by atoms with Crippen molar-refractivity contribution in [3.63, 3.8) is 0 Å². The highest BCUT2D eigenvalue weighted by Crippen LogP contribution is 2.25. The number of para-hydroxylation sites is 2. The fourth-order valence-corrected chi connectivity index (χ4v) is 4.03. The zero-order valence-corrected chi connectivity index (χ0v) is 16.5. The van der Waals surface area contributed by atoms with E-state index in [9.17, 15) is 9.59 Å². The number of ether oxygens (including phenoxy) is 1. The van der Waals surface area contributed by atoms with Crippen molar-refractivity contribution in [2.75, 3.05) is 44.7 Å². The summed E-state index contributed by atoms with van der Waals surface area (Å²) in [6.45, 7) is 3.65. The number of anilines is 2. The van der Waals surface area contributed by atoms with E-state index in [2.05, 4.69) is 5.32 Å². The van der Waals surface area contributed by atoms with Gasteiger partial charge in [0.15, 0.2) is 0 Å². The second kappa shape index (κ2) is 9.09. The topological polar surface area (TPSA) is 61.9 Å². The molecule has 2 fully saturated rings. The molecule has 0 saturated carbocycles. The standard InChI is InChI=1S/C23H27N3O3/c27-22(25-13-15-29-16-14-25)18-7-6-12-26(17-18)23(28)20-10-4-5-11-21(20)24-19-8-2-1-3-9-19/h1-5,8-11,18,24H,6-7,12-17H2. The molecule has 2 heterocycles. The lowest BCUT2D eigenvalue weighted by atomic mass is 9.95. The zero-order valence-electron chi connectivity index (χ0n) is 16.5. The lowest BCUT2D eigenvalue weighted by Gasteiger charge is -2.36. The number of amides is 2. The third-order valence-corrected chi connectivity index (χ3v) is 5.59. The number of morpholine rings is 1. The maximum absolute atomic E-state index is 13.3. The Morgan fingerprint density at radius 2 is 1.62 bits per heavy atom. The Morgan fingerprint density at radius 3 is 2.41 bits per heavy atom. The molecular formula is C23H27N3O3. The summed E-state index contributed by atoms with van der Waals surface area (Å²) in [7, 11) is 0. The third-order valence-electron chi connectivity index (χ3n) is 5.59. The highest BCUT2D eigenvalue weighted by molar-refractivity contribution is 6.00. The molecule has 2 amide bonds. The van der Waals surface area contributed by atoms with Gasteiger partial charge in [-0.3, -0.25) is 9.59 Å².